The SMILES string of the molecule is CC(C)CCOC(=O)CC1C(=O)NCCN1C(=O)C1CCCC1. The van der Waals surface area contributed by atoms with E-state index in [1.165, 1.54) is 0 Å². The number of amides is 2. The molecule has 2 amide bonds. The van der Waals surface area contributed by atoms with Crippen molar-refractivity contribution in [2.45, 2.75) is 58.4 Å². The van der Waals surface area contributed by atoms with Crippen molar-refractivity contribution in [1.29, 1.82) is 0 Å². The van der Waals surface area contributed by atoms with Gasteiger partial charge in [0.15, 0.2) is 0 Å². The van der Waals surface area contributed by atoms with Gasteiger partial charge in [-0.1, -0.05) is 26.7 Å². The molecule has 2 rings (SSSR count). The van der Waals surface area contributed by atoms with E-state index in [1.807, 2.05) is 0 Å². The highest BCUT2D eigenvalue weighted by molar-refractivity contribution is 5.92. The monoisotopic (exact) mass is 324 g/mol. The highest BCUT2D eigenvalue weighted by atomic mass is 16.5. The first-order chi connectivity index (χ1) is 11.0. The van der Waals surface area contributed by atoms with E-state index in [-0.39, 0.29) is 24.2 Å². The van der Waals surface area contributed by atoms with Crippen LogP contribution in [0, 0.1) is 11.8 Å². The number of carbonyl (C=O) groups is 3. The minimum Gasteiger partial charge on any atom is -0.466 e. The van der Waals surface area contributed by atoms with Gasteiger partial charge in [0.05, 0.1) is 13.0 Å². The summed E-state index contributed by atoms with van der Waals surface area (Å²) in [6, 6.07) is -0.719. The summed E-state index contributed by atoms with van der Waals surface area (Å²) in [5, 5.41) is 2.75. The molecule has 1 N–H and O–H groups in total. The Morgan fingerprint density at radius 2 is 2.00 bits per heavy atom. The van der Waals surface area contributed by atoms with Crippen molar-refractivity contribution in [2.24, 2.45) is 11.8 Å². The van der Waals surface area contributed by atoms with Crippen LogP contribution in [0.15, 0.2) is 0 Å². The van der Waals surface area contributed by atoms with E-state index < -0.39 is 12.0 Å². The standard InChI is InChI=1S/C17H28N2O4/c1-12(2)7-10-23-15(20)11-14-16(21)18-8-9-19(14)17(22)13-5-3-4-6-13/h12-14H,3-11H2,1-2H3,(H,18,21). The third-order valence-corrected chi connectivity index (χ3v) is 4.64. The fourth-order valence-corrected chi connectivity index (χ4v) is 3.21. The molecular formula is C17H28N2O4. The second-order valence-electron chi connectivity index (χ2n) is 6.93. The van der Waals surface area contributed by atoms with E-state index in [2.05, 4.69) is 19.2 Å². The van der Waals surface area contributed by atoms with Gasteiger partial charge in [-0.3, -0.25) is 14.4 Å². The Morgan fingerprint density at radius 1 is 1.30 bits per heavy atom. The van der Waals surface area contributed by atoms with Crippen LogP contribution in [0.1, 0.15) is 52.4 Å². The molecule has 1 unspecified atom stereocenters. The number of carbonyl (C=O) groups excluding carboxylic acids is 3. The summed E-state index contributed by atoms with van der Waals surface area (Å²) in [6.45, 7) is 5.41. The van der Waals surface area contributed by atoms with Crippen molar-refractivity contribution < 1.29 is 19.1 Å². The molecule has 1 aliphatic carbocycles. The molecule has 2 aliphatic rings. The van der Waals surface area contributed by atoms with Crippen molar-refractivity contribution in [3.8, 4) is 0 Å². The Morgan fingerprint density at radius 3 is 2.65 bits per heavy atom. The molecule has 1 heterocycles. The fourth-order valence-electron chi connectivity index (χ4n) is 3.21. The topological polar surface area (TPSA) is 75.7 Å². The third-order valence-electron chi connectivity index (χ3n) is 4.64. The van der Waals surface area contributed by atoms with E-state index in [0.29, 0.717) is 25.6 Å². The average molecular weight is 324 g/mol. The van der Waals surface area contributed by atoms with Crippen LogP contribution in [0.25, 0.3) is 0 Å². The van der Waals surface area contributed by atoms with Crippen LogP contribution in [-0.2, 0) is 19.1 Å². The molecule has 1 saturated carbocycles. The zero-order valence-corrected chi connectivity index (χ0v) is 14.2. The normalized spacial score (nSPS) is 22.3. The first-order valence-corrected chi connectivity index (χ1v) is 8.73. The Kier molecular flexibility index (Phi) is 6.42. The van der Waals surface area contributed by atoms with Crippen LogP contribution < -0.4 is 5.32 Å². The number of hydrogen-bond acceptors (Lipinski definition) is 4. The summed E-state index contributed by atoms with van der Waals surface area (Å²) < 4.78 is 5.20. The molecule has 0 bridgehead atoms. The maximum absolute atomic E-state index is 12.6. The molecule has 2 fully saturated rings. The van der Waals surface area contributed by atoms with E-state index in [9.17, 15) is 14.4 Å². The summed E-state index contributed by atoms with van der Waals surface area (Å²) in [7, 11) is 0. The molecular weight excluding hydrogens is 296 g/mol. The molecule has 23 heavy (non-hydrogen) atoms. The molecule has 6 heteroatoms. The lowest BCUT2D eigenvalue weighted by Crippen LogP contribution is -2.58. The lowest BCUT2D eigenvalue weighted by atomic mass is 10.0. The van der Waals surface area contributed by atoms with Crippen LogP contribution in [0.5, 0.6) is 0 Å². The van der Waals surface area contributed by atoms with Crippen molar-refractivity contribution in [3.05, 3.63) is 0 Å². The number of ether oxygens (including phenoxy) is 1. The second kappa shape index (κ2) is 8.31. The summed E-state index contributed by atoms with van der Waals surface area (Å²) in [5.41, 5.74) is 0. The summed E-state index contributed by atoms with van der Waals surface area (Å²) >= 11 is 0. The fraction of sp³-hybridized carbons (Fsp3) is 0.824. The zero-order valence-electron chi connectivity index (χ0n) is 14.2. The third kappa shape index (κ3) is 4.94. The number of piperazine rings is 1. The number of nitrogens with zero attached hydrogens (tertiary/aromatic N) is 1. The molecule has 0 aromatic heterocycles. The number of nitrogens with one attached hydrogen (secondary N) is 1. The first kappa shape index (κ1) is 17.8. The quantitative estimate of drug-likeness (QED) is 0.751. The first-order valence-electron chi connectivity index (χ1n) is 8.73. The van der Waals surface area contributed by atoms with Gasteiger partial charge in [-0.15, -0.1) is 0 Å². The molecule has 0 aromatic carbocycles. The van der Waals surface area contributed by atoms with E-state index in [1.54, 1.807) is 4.90 Å². The predicted octanol–water partition coefficient (Wildman–Crippen LogP) is 1.48. The minimum absolute atomic E-state index is 0.0142. The lowest BCUT2D eigenvalue weighted by molar-refractivity contribution is -0.153. The van der Waals surface area contributed by atoms with Gasteiger partial charge in [-0.05, 0) is 25.2 Å². The van der Waals surface area contributed by atoms with Crippen LogP contribution in [0.2, 0.25) is 0 Å². The van der Waals surface area contributed by atoms with E-state index in [0.717, 1.165) is 32.1 Å². The molecule has 1 saturated heterocycles. The molecule has 130 valence electrons. The Labute approximate surface area is 137 Å². The molecule has 1 atom stereocenters. The molecule has 0 spiro atoms. The van der Waals surface area contributed by atoms with Crippen LogP contribution in [0.3, 0.4) is 0 Å². The largest absolute Gasteiger partial charge is 0.466 e. The maximum atomic E-state index is 12.6. The summed E-state index contributed by atoms with van der Waals surface area (Å²) in [4.78, 5) is 38.3. The van der Waals surface area contributed by atoms with Crippen molar-refractivity contribution in [1.82, 2.24) is 10.2 Å². The number of rotatable bonds is 6. The molecule has 1 aliphatic heterocycles. The summed E-state index contributed by atoms with van der Waals surface area (Å²) in [5.74, 6) is -0.153. The van der Waals surface area contributed by atoms with Crippen LogP contribution in [0.4, 0.5) is 0 Å². The molecule has 0 aromatic rings. The van der Waals surface area contributed by atoms with Gasteiger partial charge in [0.25, 0.3) is 0 Å². The summed E-state index contributed by atoms with van der Waals surface area (Å²) in [6.07, 6.45) is 4.66. The Balaban J connectivity index is 1.93. The molecule has 6 nitrogen and oxygen atoms in total. The number of esters is 1. The van der Waals surface area contributed by atoms with Crippen molar-refractivity contribution >= 4 is 17.8 Å². The van der Waals surface area contributed by atoms with E-state index in [4.69, 9.17) is 4.74 Å². The Bertz CT molecular complexity index is 444. The average Bonchev–Trinajstić information content (AvgIpc) is 3.02. The van der Waals surface area contributed by atoms with E-state index >= 15 is 0 Å². The Hall–Kier alpha value is -1.59. The van der Waals surface area contributed by atoms with Crippen molar-refractivity contribution in [3.63, 3.8) is 0 Å². The zero-order chi connectivity index (χ0) is 16.8. The maximum Gasteiger partial charge on any atom is 0.308 e. The van der Waals surface area contributed by atoms with Gasteiger partial charge in [0.1, 0.15) is 6.04 Å². The lowest BCUT2D eigenvalue weighted by Gasteiger charge is -2.36. The van der Waals surface area contributed by atoms with Crippen molar-refractivity contribution in [2.75, 3.05) is 19.7 Å². The van der Waals surface area contributed by atoms with Gasteiger partial charge in [-0.2, -0.15) is 0 Å². The van der Waals surface area contributed by atoms with Gasteiger partial charge in [-0.25, -0.2) is 0 Å². The van der Waals surface area contributed by atoms with Gasteiger partial charge in [0, 0.05) is 19.0 Å². The highest BCUT2D eigenvalue weighted by Crippen LogP contribution is 2.28. The molecule has 0 radical (unpaired) electrons. The van der Waals surface area contributed by atoms with Crippen LogP contribution in [-0.4, -0.2) is 48.4 Å². The van der Waals surface area contributed by atoms with Crippen LogP contribution >= 0.6 is 0 Å². The smallest absolute Gasteiger partial charge is 0.308 e. The van der Waals surface area contributed by atoms with Gasteiger partial charge >= 0.3 is 5.97 Å². The van der Waals surface area contributed by atoms with Gasteiger partial charge in [0.2, 0.25) is 11.8 Å². The predicted molar refractivity (Wildman–Crippen MR) is 85.5 cm³/mol. The minimum atomic E-state index is -0.719. The highest BCUT2D eigenvalue weighted by Gasteiger charge is 2.38. The van der Waals surface area contributed by atoms with Gasteiger partial charge < -0.3 is 15.0 Å². The second-order valence-corrected chi connectivity index (χ2v) is 6.93. The number of hydrogen-bond donors (Lipinski definition) is 1.